The number of rotatable bonds is 4. The van der Waals surface area contributed by atoms with Gasteiger partial charge in [-0.2, -0.15) is 0 Å². The van der Waals surface area contributed by atoms with Crippen molar-refractivity contribution in [2.24, 2.45) is 10.4 Å². The van der Waals surface area contributed by atoms with Gasteiger partial charge >= 0.3 is 0 Å². The summed E-state index contributed by atoms with van der Waals surface area (Å²) in [5.74, 6) is 0.979. The first-order valence-electron chi connectivity index (χ1n) is 8.94. The average Bonchev–Trinajstić information content (AvgIpc) is 3.24. The van der Waals surface area contributed by atoms with Crippen LogP contribution in [0.15, 0.2) is 22.5 Å². The molecule has 0 atom stereocenters. The number of aliphatic imine (C=N–C) groups is 1. The molecule has 0 unspecified atom stereocenters. The molecule has 1 aliphatic heterocycles. The Labute approximate surface area is 167 Å². The number of nitrogens with one attached hydrogen (secondary N) is 2. The topological polar surface area (TPSA) is 39.7 Å². The van der Waals surface area contributed by atoms with Crippen molar-refractivity contribution >= 4 is 46.3 Å². The van der Waals surface area contributed by atoms with Gasteiger partial charge in [-0.1, -0.05) is 19.8 Å². The van der Waals surface area contributed by atoms with E-state index in [4.69, 9.17) is 0 Å². The highest BCUT2D eigenvalue weighted by atomic mass is 127. The van der Waals surface area contributed by atoms with Gasteiger partial charge in [0.2, 0.25) is 0 Å². The van der Waals surface area contributed by atoms with Crippen LogP contribution in [0.1, 0.15) is 45.4 Å². The average molecular weight is 462 g/mol. The van der Waals surface area contributed by atoms with E-state index in [0.717, 1.165) is 25.6 Å². The molecule has 2 aliphatic rings. The minimum atomic E-state index is 0. The third kappa shape index (κ3) is 5.25. The Morgan fingerprint density at radius 3 is 2.62 bits per heavy atom. The Balaban J connectivity index is 0.00000208. The van der Waals surface area contributed by atoms with E-state index in [9.17, 15) is 0 Å². The molecule has 1 saturated carbocycles. The molecule has 3 rings (SSSR count). The molecule has 6 heteroatoms. The summed E-state index contributed by atoms with van der Waals surface area (Å²) < 4.78 is 0. The van der Waals surface area contributed by atoms with E-state index >= 15 is 0 Å². The molecule has 24 heavy (non-hydrogen) atoms. The quantitative estimate of drug-likeness (QED) is 0.403. The summed E-state index contributed by atoms with van der Waals surface area (Å²) >= 11 is 1.84. The van der Waals surface area contributed by atoms with Crippen LogP contribution in [0.2, 0.25) is 0 Å². The molecule has 0 amide bonds. The Kier molecular flexibility index (Phi) is 7.65. The maximum absolute atomic E-state index is 4.43. The van der Waals surface area contributed by atoms with Gasteiger partial charge in [-0.25, -0.2) is 0 Å². The van der Waals surface area contributed by atoms with Crippen molar-refractivity contribution in [2.45, 2.75) is 51.5 Å². The monoisotopic (exact) mass is 462 g/mol. The number of hydrogen-bond donors (Lipinski definition) is 2. The van der Waals surface area contributed by atoms with Crippen molar-refractivity contribution in [1.29, 1.82) is 0 Å². The van der Waals surface area contributed by atoms with Gasteiger partial charge in [0.1, 0.15) is 0 Å². The fourth-order valence-electron chi connectivity index (χ4n) is 3.78. The standard InChI is InChI=1S/C18H30N4S.HI/c1-18(9-3-4-10-18)14-20-17(19-2)21-15-7-11-22(12-8-15)16-6-5-13-23-16;/h5-6,13,15H,3-4,7-12,14H2,1-2H3,(H2,19,20,21);1H. The molecule has 0 spiro atoms. The van der Waals surface area contributed by atoms with E-state index in [2.05, 4.69) is 45.0 Å². The second-order valence-electron chi connectivity index (χ2n) is 7.30. The van der Waals surface area contributed by atoms with Crippen LogP contribution in [0.4, 0.5) is 5.00 Å². The summed E-state index contributed by atoms with van der Waals surface area (Å²) in [4.78, 5) is 6.92. The van der Waals surface area contributed by atoms with Gasteiger partial charge in [0, 0.05) is 32.7 Å². The number of guanidine groups is 1. The van der Waals surface area contributed by atoms with Crippen LogP contribution in [0, 0.1) is 5.41 Å². The maximum Gasteiger partial charge on any atom is 0.191 e. The number of halogens is 1. The molecule has 0 radical (unpaired) electrons. The van der Waals surface area contributed by atoms with Gasteiger partial charge in [-0.15, -0.1) is 35.3 Å². The Morgan fingerprint density at radius 1 is 1.33 bits per heavy atom. The number of thiophene rings is 1. The summed E-state index contributed by atoms with van der Waals surface area (Å²) in [5.41, 5.74) is 0.458. The number of nitrogens with zero attached hydrogens (tertiary/aromatic N) is 2. The van der Waals surface area contributed by atoms with Crippen molar-refractivity contribution in [1.82, 2.24) is 10.6 Å². The van der Waals surface area contributed by atoms with Crippen molar-refractivity contribution in [2.75, 3.05) is 31.6 Å². The number of piperidine rings is 1. The largest absolute Gasteiger partial charge is 0.363 e. The van der Waals surface area contributed by atoms with E-state index in [0.29, 0.717) is 11.5 Å². The molecule has 2 N–H and O–H groups in total. The molecule has 0 aromatic carbocycles. The molecule has 2 heterocycles. The Bertz CT molecular complexity index is 503. The zero-order chi connectivity index (χ0) is 16.1. The van der Waals surface area contributed by atoms with E-state index < -0.39 is 0 Å². The lowest BCUT2D eigenvalue weighted by molar-refractivity contribution is 0.332. The summed E-state index contributed by atoms with van der Waals surface area (Å²) in [5, 5.41) is 10.8. The number of anilines is 1. The van der Waals surface area contributed by atoms with Gasteiger partial charge in [0.15, 0.2) is 5.96 Å². The zero-order valence-corrected chi connectivity index (χ0v) is 18.0. The summed E-state index contributed by atoms with van der Waals surface area (Å²) in [6.45, 7) is 5.71. The smallest absolute Gasteiger partial charge is 0.191 e. The van der Waals surface area contributed by atoms with E-state index in [1.807, 2.05) is 18.4 Å². The van der Waals surface area contributed by atoms with Crippen LogP contribution in [0.5, 0.6) is 0 Å². The van der Waals surface area contributed by atoms with Crippen molar-refractivity contribution in [3.05, 3.63) is 17.5 Å². The lowest BCUT2D eigenvalue weighted by Gasteiger charge is -2.34. The third-order valence-corrected chi connectivity index (χ3v) is 6.30. The number of hydrogen-bond acceptors (Lipinski definition) is 3. The van der Waals surface area contributed by atoms with Gasteiger partial charge in [-0.05, 0) is 48.6 Å². The molecule has 2 fully saturated rings. The zero-order valence-electron chi connectivity index (χ0n) is 14.9. The van der Waals surface area contributed by atoms with Crippen LogP contribution in [-0.4, -0.2) is 38.7 Å². The Morgan fingerprint density at radius 2 is 2.04 bits per heavy atom. The van der Waals surface area contributed by atoms with Gasteiger partial charge in [0.25, 0.3) is 0 Å². The SMILES string of the molecule is CN=C(NCC1(C)CCCC1)NC1CCN(c2cccs2)CC1.I. The van der Waals surface area contributed by atoms with Crippen molar-refractivity contribution < 1.29 is 0 Å². The first-order chi connectivity index (χ1) is 11.2. The van der Waals surface area contributed by atoms with Crippen LogP contribution in [-0.2, 0) is 0 Å². The normalized spacial score (nSPS) is 21.4. The fourth-order valence-corrected chi connectivity index (χ4v) is 4.57. The summed E-state index contributed by atoms with van der Waals surface area (Å²) in [7, 11) is 1.88. The van der Waals surface area contributed by atoms with Gasteiger partial charge in [-0.3, -0.25) is 4.99 Å². The van der Waals surface area contributed by atoms with Gasteiger partial charge in [0.05, 0.1) is 5.00 Å². The predicted octanol–water partition coefficient (Wildman–Crippen LogP) is 4.08. The van der Waals surface area contributed by atoms with Crippen LogP contribution in [0.3, 0.4) is 0 Å². The first-order valence-corrected chi connectivity index (χ1v) is 9.82. The van der Waals surface area contributed by atoms with Crippen LogP contribution in [0.25, 0.3) is 0 Å². The van der Waals surface area contributed by atoms with E-state index in [-0.39, 0.29) is 24.0 Å². The molecular formula is C18H31IN4S. The minimum Gasteiger partial charge on any atom is -0.363 e. The molecule has 136 valence electrons. The highest BCUT2D eigenvalue weighted by Crippen LogP contribution is 2.36. The molecule has 1 aromatic heterocycles. The lowest BCUT2D eigenvalue weighted by Crippen LogP contribution is -2.50. The first kappa shape index (κ1) is 19.8. The minimum absolute atomic E-state index is 0. The van der Waals surface area contributed by atoms with Crippen LogP contribution >= 0.6 is 35.3 Å². The predicted molar refractivity (Wildman–Crippen MR) is 116 cm³/mol. The summed E-state index contributed by atoms with van der Waals surface area (Å²) in [6.07, 6.45) is 7.80. The second-order valence-corrected chi connectivity index (χ2v) is 8.23. The fraction of sp³-hybridized carbons (Fsp3) is 0.722. The van der Waals surface area contributed by atoms with Gasteiger partial charge < -0.3 is 15.5 Å². The third-order valence-electron chi connectivity index (χ3n) is 5.37. The molecule has 0 bridgehead atoms. The van der Waals surface area contributed by atoms with Crippen LogP contribution < -0.4 is 15.5 Å². The molecular weight excluding hydrogens is 431 g/mol. The molecule has 1 aliphatic carbocycles. The summed E-state index contributed by atoms with van der Waals surface area (Å²) in [6, 6.07) is 4.90. The molecule has 4 nitrogen and oxygen atoms in total. The van der Waals surface area contributed by atoms with E-state index in [1.165, 1.54) is 43.5 Å². The highest BCUT2D eigenvalue weighted by Gasteiger charge is 2.29. The Hall–Kier alpha value is -0.500. The van der Waals surface area contributed by atoms with Crippen molar-refractivity contribution in [3.63, 3.8) is 0 Å². The maximum atomic E-state index is 4.43. The van der Waals surface area contributed by atoms with Crippen molar-refractivity contribution in [3.8, 4) is 0 Å². The van der Waals surface area contributed by atoms with E-state index in [1.54, 1.807) is 0 Å². The lowest BCUT2D eigenvalue weighted by atomic mass is 9.89. The molecule has 1 saturated heterocycles. The highest BCUT2D eigenvalue weighted by molar-refractivity contribution is 14.0. The molecule has 1 aromatic rings. The second kappa shape index (κ2) is 9.27.